The largest absolute Gasteiger partial charge is 0.301 e. The van der Waals surface area contributed by atoms with Crippen molar-refractivity contribution in [2.75, 3.05) is 16.4 Å². The summed E-state index contributed by atoms with van der Waals surface area (Å²) in [4.78, 5) is 22.5. The van der Waals surface area contributed by atoms with Crippen LogP contribution in [0.4, 0.5) is 10.3 Å². The summed E-state index contributed by atoms with van der Waals surface area (Å²) < 4.78 is 0.609. The molecule has 0 aliphatic rings. The van der Waals surface area contributed by atoms with Crippen LogP contribution in [0, 0.1) is 6.92 Å². The molecule has 0 radical (unpaired) electrons. The summed E-state index contributed by atoms with van der Waals surface area (Å²) in [6.45, 7) is 3.21. The van der Waals surface area contributed by atoms with E-state index in [2.05, 4.69) is 31.0 Å². The molecule has 2 aromatic heterocycles. The number of amides is 2. The zero-order valence-corrected chi connectivity index (χ0v) is 13.0. The molecule has 2 heterocycles. The lowest BCUT2D eigenvalue weighted by atomic mass is 10.7. The van der Waals surface area contributed by atoms with Gasteiger partial charge in [-0.1, -0.05) is 34.4 Å². The van der Waals surface area contributed by atoms with Crippen molar-refractivity contribution >= 4 is 56.5 Å². The molecule has 8 nitrogen and oxygen atoms in total. The number of thioether (sulfide) groups is 1. The highest BCUT2D eigenvalue weighted by atomic mass is 32.2. The minimum Gasteiger partial charge on any atom is -0.301 e. The van der Waals surface area contributed by atoms with Gasteiger partial charge in [0.25, 0.3) is 0 Å². The van der Waals surface area contributed by atoms with E-state index in [1.807, 2.05) is 6.92 Å². The zero-order valence-electron chi connectivity index (χ0n) is 10.5. The van der Waals surface area contributed by atoms with Crippen molar-refractivity contribution in [1.29, 1.82) is 0 Å². The number of hydrogen-bond acceptors (Lipinski definition) is 9. The predicted octanol–water partition coefficient (Wildman–Crippen LogP) is 1.39. The SMILES string of the molecule is CC(=O)Nc1nnc(SCC(=O)Nc2nnc(C)s2)s1. The molecule has 0 fully saturated rings. The molecule has 2 rings (SSSR count). The van der Waals surface area contributed by atoms with Crippen molar-refractivity contribution in [3.8, 4) is 0 Å². The smallest absolute Gasteiger partial charge is 0.236 e. The lowest BCUT2D eigenvalue weighted by Crippen LogP contribution is -2.13. The standard InChI is InChI=1S/C9H10N6O2S3/c1-4(16)10-7-14-15-9(20-7)18-3-6(17)11-8-13-12-5(2)19-8/h3H2,1-2H3,(H,10,14,16)(H,11,13,17). The van der Waals surface area contributed by atoms with E-state index in [9.17, 15) is 9.59 Å². The van der Waals surface area contributed by atoms with E-state index in [0.29, 0.717) is 14.6 Å². The first-order chi connectivity index (χ1) is 9.52. The van der Waals surface area contributed by atoms with E-state index >= 15 is 0 Å². The fourth-order valence-electron chi connectivity index (χ4n) is 1.10. The molecule has 0 aromatic carbocycles. The summed E-state index contributed by atoms with van der Waals surface area (Å²) >= 11 is 3.77. The number of carbonyl (C=O) groups excluding carboxylic acids is 2. The van der Waals surface area contributed by atoms with Crippen molar-refractivity contribution in [1.82, 2.24) is 20.4 Å². The molecule has 0 saturated carbocycles. The number of aryl methyl sites for hydroxylation is 1. The molecule has 0 atom stereocenters. The lowest BCUT2D eigenvalue weighted by molar-refractivity contribution is -0.114. The van der Waals surface area contributed by atoms with E-state index < -0.39 is 0 Å². The second kappa shape index (κ2) is 6.72. The van der Waals surface area contributed by atoms with Crippen molar-refractivity contribution in [2.45, 2.75) is 18.2 Å². The average Bonchev–Trinajstić information content (AvgIpc) is 2.96. The van der Waals surface area contributed by atoms with Crippen molar-refractivity contribution < 1.29 is 9.59 Å². The van der Waals surface area contributed by atoms with Crippen molar-refractivity contribution in [3.63, 3.8) is 0 Å². The highest BCUT2D eigenvalue weighted by molar-refractivity contribution is 8.01. The van der Waals surface area contributed by atoms with E-state index in [1.54, 1.807) is 0 Å². The van der Waals surface area contributed by atoms with E-state index in [-0.39, 0.29) is 17.6 Å². The topological polar surface area (TPSA) is 110 Å². The van der Waals surface area contributed by atoms with Crippen LogP contribution in [-0.4, -0.2) is 38.0 Å². The quantitative estimate of drug-likeness (QED) is 0.629. The Bertz CT molecular complexity index is 625. The third-order valence-corrected chi connectivity index (χ3v) is 4.51. The molecule has 0 aliphatic carbocycles. The number of carbonyl (C=O) groups is 2. The van der Waals surface area contributed by atoms with Gasteiger partial charge in [-0.2, -0.15) is 0 Å². The van der Waals surface area contributed by atoms with Gasteiger partial charge < -0.3 is 5.32 Å². The Morgan fingerprint density at radius 1 is 1.10 bits per heavy atom. The molecule has 0 aliphatic heterocycles. The van der Waals surface area contributed by atoms with Gasteiger partial charge in [0.05, 0.1) is 5.75 Å². The molecular weight excluding hydrogens is 320 g/mol. The first-order valence-electron chi connectivity index (χ1n) is 5.37. The van der Waals surface area contributed by atoms with Crippen LogP contribution < -0.4 is 10.6 Å². The minimum absolute atomic E-state index is 0.188. The van der Waals surface area contributed by atoms with E-state index in [0.717, 1.165) is 5.01 Å². The minimum atomic E-state index is -0.206. The van der Waals surface area contributed by atoms with Gasteiger partial charge in [0.1, 0.15) is 5.01 Å². The Labute approximate surface area is 126 Å². The average molecular weight is 330 g/mol. The van der Waals surface area contributed by atoms with Crippen LogP contribution in [0.3, 0.4) is 0 Å². The van der Waals surface area contributed by atoms with Crippen LogP contribution in [-0.2, 0) is 9.59 Å². The van der Waals surface area contributed by atoms with Gasteiger partial charge in [0, 0.05) is 6.92 Å². The predicted molar refractivity (Wildman–Crippen MR) is 78.2 cm³/mol. The fourth-order valence-corrected chi connectivity index (χ4v) is 3.30. The molecule has 0 spiro atoms. The molecule has 11 heteroatoms. The van der Waals surface area contributed by atoms with Crippen LogP contribution in [0.1, 0.15) is 11.9 Å². The van der Waals surface area contributed by atoms with E-state index in [4.69, 9.17) is 0 Å². The maximum Gasteiger partial charge on any atom is 0.236 e. The van der Waals surface area contributed by atoms with Gasteiger partial charge in [-0.25, -0.2) is 0 Å². The first-order valence-corrected chi connectivity index (χ1v) is 7.98. The Hall–Kier alpha value is -1.59. The number of hydrogen-bond donors (Lipinski definition) is 2. The van der Waals surface area contributed by atoms with Gasteiger partial charge in [-0.15, -0.1) is 20.4 Å². The lowest BCUT2D eigenvalue weighted by Gasteiger charge is -1.98. The third kappa shape index (κ3) is 4.51. The monoisotopic (exact) mass is 330 g/mol. The van der Waals surface area contributed by atoms with Crippen LogP contribution in [0.2, 0.25) is 0 Å². The van der Waals surface area contributed by atoms with Crippen molar-refractivity contribution in [2.24, 2.45) is 0 Å². The maximum absolute atomic E-state index is 11.7. The third-order valence-electron chi connectivity index (χ3n) is 1.79. The Morgan fingerprint density at radius 3 is 2.45 bits per heavy atom. The molecule has 20 heavy (non-hydrogen) atoms. The van der Waals surface area contributed by atoms with Crippen LogP contribution in [0.5, 0.6) is 0 Å². The Kier molecular flexibility index (Phi) is 4.98. The number of nitrogens with zero attached hydrogens (tertiary/aromatic N) is 4. The molecule has 106 valence electrons. The summed E-state index contributed by atoms with van der Waals surface area (Å²) in [5, 5.41) is 22.1. The number of anilines is 2. The molecule has 0 bridgehead atoms. The van der Waals surface area contributed by atoms with Crippen LogP contribution in [0.15, 0.2) is 4.34 Å². The first kappa shape index (κ1) is 14.8. The molecule has 2 aromatic rings. The maximum atomic E-state index is 11.7. The fraction of sp³-hybridized carbons (Fsp3) is 0.333. The summed E-state index contributed by atoms with van der Waals surface area (Å²) in [6.07, 6.45) is 0. The molecule has 0 saturated heterocycles. The summed E-state index contributed by atoms with van der Waals surface area (Å²) in [7, 11) is 0. The molecule has 2 N–H and O–H groups in total. The zero-order chi connectivity index (χ0) is 14.5. The van der Waals surface area contributed by atoms with Gasteiger partial charge in [0.15, 0.2) is 4.34 Å². The second-order valence-corrected chi connectivity index (χ2v) is 6.90. The van der Waals surface area contributed by atoms with E-state index in [1.165, 1.54) is 41.4 Å². The normalized spacial score (nSPS) is 10.3. The van der Waals surface area contributed by atoms with Crippen molar-refractivity contribution in [3.05, 3.63) is 5.01 Å². The van der Waals surface area contributed by atoms with Crippen LogP contribution in [0.25, 0.3) is 0 Å². The number of rotatable bonds is 5. The highest BCUT2D eigenvalue weighted by Crippen LogP contribution is 2.25. The Morgan fingerprint density at radius 2 is 1.80 bits per heavy atom. The summed E-state index contributed by atoms with van der Waals surface area (Å²) in [5.74, 6) is -0.211. The Balaban J connectivity index is 1.81. The van der Waals surface area contributed by atoms with Gasteiger partial charge in [-0.3, -0.25) is 14.9 Å². The summed E-state index contributed by atoms with van der Waals surface area (Å²) in [6, 6.07) is 0. The molecular formula is C9H10N6O2S3. The molecule has 0 unspecified atom stereocenters. The van der Waals surface area contributed by atoms with Crippen LogP contribution >= 0.6 is 34.4 Å². The second-order valence-electron chi connectivity index (χ2n) is 3.52. The number of nitrogens with one attached hydrogen (secondary N) is 2. The van der Waals surface area contributed by atoms with Gasteiger partial charge in [0.2, 0.25) is 22.1 Å². The van der Waals surface area contributed by atoms with Gasteiger partial charge in [-0.05, 0) is 6.92 Å². The number of aromatic nitrogens is 4. The van der Waals surface area contributed by atoms with Gasteiger partial charge >= 0.3 is 0 Å². The summed E-state index contributed by atoms with van der Waals surface area (Å²) in [5.41, 5.74) is 0. The highest BCUT2D eigenvalue weighted by Gasteiger charge is 2.10. The molecule has 2 amide bonds.